The Kier molecular flexibility index (Phi) is 3.36. The van der Waals surface area contributed by atoms with Gasteiger partial charge in [-0.1, -0.05) is 6.07 Å². The zero-order valence-electron chi connectivity index (χ0n) is 9.53. The third-order valence-electron chi connectivity index (χ3n) is 2.29. The van der Waals surface area contributed by atoms with Crippen LogP contribution in [0.2, 0.25) is 0 Å². The minimum absolute atomic E-state index is 0.508. The van der Waals surface area contributed by atoms with Gasteiger partial charge in [0.05, 0.1) is 12.4 Å². The Morgan fingerprint density at radius 1 is 0.900 bits per heavy atom. The normalized spacial score (nSPS) is 12.5. The second-order valence-corrected chi connectivity index (χ2v) is 3.68. The average molecular weight is 296 g/mol. The van der Waals surface area contributed by atoms with Crippen molar-refractivity contribution in [2.75, 3.05) is 0 Å². The van der Waals surface area contributed by atoms with Crippen molar-refractivity contribution in [3.8, 4) is 5.75 Å². The summed E-state index contributed by atoms with van der Waals surface area (Å²) in [5.74, 6) is -1.34. The van der Waals surface area contributed by atoms with Gasteiger partial charge in [-0.2, -0.15) is 26.3 Å². The van der Waals surface area contributed by atoms with Crippen LogP contribution in [0, 0.1) is 0 Å². The van der Waals surface area contributed by atoms with Gasteiger partial charge in [0, 0.05) is 0 Å². The van der Waals surface area contributed by atoms with E-state index in [4.69, 9.17) is 0 Å². The van der Waals surface area contributed by atoms with Crippen LogP contribution >= 0.6 is 0 Å². The van der Waals surface area contributed by atoms with E-state index in [2.05, 4.69) is 9.94 Å². The molecule has 2 aromatic rings. The third kappa shape index (κ3) is 2.86. The van der Waals surface area contributed by atoms with Crippen LogP contribution in [0.4, 0.5) is 26.3 Å². The van der Waals surface area contributed by atoms with Crippen LogP contribution in [-0.4, -0.2) is 9.94 Å². The van der Waals surface area contributed by atoms with Gasteiger partial charge in [-0.3, -0.25) is 0 Å². The van der Waals surface area contributed by atoms with Crippen molar-refractivity contribution in [2.24, 2.45) is 0 Å². The number of halogens is 6. The van der Waals surface area contributed by atoms with Gasteiger partial charge in [0.1, 0.15) is 11.1 Å². The van der Waals surface area contributed by atoms with Gasteiger partial charge in [0.25, 0.3) is 0 Å². The Hall–Kier alpha value is -2.19. The fourth-order valence-corrected chi connectivity index (χ4v) is 1.48. The fourth-order valence-electron chi connectivity index (χ4n) is 1.48. The minimum Gasteiger partial charge on any atom is -0.357 e. The van der Waals surface area contributed by atoms with Crippen molar-refractivity contribution in [3.63, 3.8) is 0 Å². The number of hydrogen-bond acceptors (Lipinski definition) is 2. The number of aromatic nitrogens is 2. The molecule has 3 nitrogen and oxygen atoms in total. The Morgan fingerprint density at radius 2 is 1.45 bits per heavy atom. The molecule has 0 unspecified atom stereocenters. The highest BCUT2D eigenvalue weighted by Crippen LogP contribution is 2.44. The van der Waals surface area contributed by atoms with Crippen LogP contribution in [0.1, 0.15) is 11.1 Å². The molecule has 1 aromatic carbocycles. The summed E-state index contributed by atoms with van der Waals surface area (Å²) >= 11 is 0. The topological polar surface area (TPSA) is 27.1 Å². The summed E-state index contributed by atoms with van der Waals surface area (Å²) in [5, 5.41) is 3.42. The molecule has 0 bridgehead atoms. The molecule has 0 amide bonds. The van der Waals surface area contributed by atoms with Gasteiger partial charge in [0.2, 0.25) is 0 Å². The Bertz CT molecular complexity index is 556. The molecule has 0 fully saturated rings. The molecule has 0 saturated heterocycles. The summed E-state index contributed by atoms with van der Waals surface area (Å²) in [6.45, 7) is 0. The molecule has 0 spiro atoms. The predicted molar refractivity (Wildman–Crippen MR) is 54.7 cm³/mol. The Morgan fingerprint density at radius 3 is 1.85 bits per heavy atom. The van der Waals surface area contributed by atoms with Crippen molar-refractivity contribution in [2.45, 2.75) is 12.4 Å². The van der Waals surface area contributed by atoms with E-state index in [0.29, 0.717) is 23.0 Å². The van der Waals surface area contributed by atoms with Gasteiger partial charge in [0.15, 0.2) is 5.75 Å². The Balaban J connectivity index is 2.59. The van der Waals surface area contributed by atoms with Crippen LogP contribution in [0.3, 0.4) is 0 Å². The smallest absolute Gasteiger partial charge is 0.357 e. The molecule has 20 heavy (non-hydrogen) atoms. The van der Waals surface area contributed by atoms with E-state index in [-0.39, 0.29) is 0 Å². The lowest BCUT2D eigenvalue weighted by molar-refractivity contribution is -0.146. The number of rotatable bonds is 2. The van der Waals surface area contributed by atoms with Crippen molar-refractivity contribution < 1.29 is 31.2 Å². The van der Waals surface area contributed by atoms with E-state index in [0.717, 1.165) is 12.4 Å². The molecule has 1 aromatic heterocycles. The number of para-hydroxylation sites is 1. The van der Waals surface area contributed by atoms with Crippen molar-refractivity contribution in [3.05, 3.63) is 47.8 Å². The molecule has 0 aliphatic heterocycles. The van der Waals surface area contributed by atoms with Crippen molar-refractivity contribution in [1.29, 1.82) is 0 Å². The highest BCUT2D eigenvalue weighted by Gasteiger charge is 2.42. The summed E-state index contributed by atoms with van der Waals surface area (Å²) in [5.41, 5.74) is -3.05. The van der Waals surface area contributed by atoms with Crippen molar-refractivity contribution in [1.82, 2.24) is 9.94 Å². The molecule has 0 aliphatic rings. The lowest BCUT2D eigenvalue weighted by Gasteiger charge is -2.17. The van der Waals surface area contributed by atoms with E-state index in [9.17, 15) is 26.3 Å². The summed E-state index contributed by atoms with van der Waals surface area (Å²) in [6, 6.07) is 2.98. The number of nitrogens with zero attached hydrogens (tertiary/aromatic N) is 2. The second kappa shape index (κ2) is 4.73. The molecule has 9 heteroatoms. The standard InChI is InChI=1S/C11H6F6N2O/c12-10(13,14)7-3-1-4-8(11(15,16)17)9(7)20-19-6-2-5-18-19/h1-6H. The largest absolute Gasteiger partial charge is 0.420 e. The molecule has 1 heterocycles. The van der Waals surface area contributed by atoms with E-state index in [1.807, 2.05) is 0 Å². The highest BCUT2D eigenvalue weighted by molar-refractivity contribution is 5.44. The SMILES string of the molecule is FC(F)(F)c1cccc(C(F)(F)F)c1On1cccn1. The summed E-state index contributed by atoms with van der Waals surface area (Å²) in [6.07, 6.45) is -7.73. The van der Waals surface area contributed by atoms with Gasteiger partial charge < -0.3 is 4.84 Å². The molecule has 0 aliphatic carbocycles. The van der Waals surface area contributed by atoms with Crippen LogP contribution < -0.4 is 4.84 Å². The van der Waals surface area contributed by atoms with Crippen LogP contribution in [-0.2, 0) is 12.4 Å². The first-order valence-corrected chi connectivity index (χ1v) is 5.15. The quantitative estimate of drug-likeness (QED) is 0.789. The van der Waals surface area contributed by atoms with E-state index >= 15 is 0 Å². The molecule has 0 saturated carbocycles. The molecule has 108 valence electrons. The van der Waals surface area contributed by atoms with Crippen LogP contribution in [0.15, 0.2) is 36.7 Å². The van der Waals surface area contributed by atoms with E-state index < -0.39 is 29.2 Å². The lowest BCUT2D eigenvalue weighted by atomic mass is 10.1. The highest BCUT2D eigenvalue weighted by atomic mass is 19.4. The zero-order chi connectivity index (χ0) is 15.0. The predicted octanol–water partition coefficient (Wildman–Crippen LogP) is 3.76. The van der Waals surface area contributed by atoms with E-state index in [1.165, 1.54) is 6.07 Å². The van der Waals surface area contributed by atoms with E-state index in [1.54, 1.807) is 0 Å². The molecule has 2 rings (SSSR count). The zero-order valence-corrected chi connectivity index (χ0v) is 9.53. The third-order valence-corrected chi connectivity index (χ3v) is 2.29. The fraction of sp³-hybridized carbons (Fsp3) is 0.182. The summed E-state index contributed by atoms with van der Waals surface area (Å²) in [4.78, 5) is 5.11. The molecule has 0 N–H and O–H groups in total. The number of benzene rings is 1. The summed E-state index contributed by atoms with van der Waals surface area (Å²) < 4.78 is 76.6. The van der Waals surface area contributed by atoms with Gasteiger partial charge in [-0.25, -0.2) is 0 Å². The maximum atomic E-state index is 12.8. The number of hydrogen-bond donors (Lipinski definition) is 0. The Labute approximate surface area is 108 Å². The van der Waals surface area contributed by atoms with Crippen molar-refractivity contribution >= 4 is 0 Å². The maximum Gasteiger partial charge on any atom is 0.420 e. The molecular formula is C11H6F6N2O. The first-order valence-electron chi connectivity index (χ1n) is 5.15. The van der Waals surface area contributed by atoms with Crippen LogP contribution in [0.5, 0.6) is 5.75 Å². The first-order chi connectivity index (χ1) is 9.19. The van der Waals surface area contributed by atoms with Gasteiger partial charge >= 0.3 is 12.4 Å². The van der Waals surface area contributed by atoms with Gasteiger partial charge in [-0.05, 0) is 18.2 Å². The number of alkyl halides is 6. The monoisotopic (exact) mass is 296 g/mol. The molecule has 0 atom stereocenters. The second-order valence-electron chi connectivity index (χ2n) is 3.68. The first kappa shape index (κ1) is 14.2. The summed E-state index contributed by atoms with van der Waals surface area (Å²) in [7, 11) is 0. The molecule has 0 radical (unpaired) electrons. The minimum atomic E-state index is -4.98. The van der Waals surface area contributed by atoms with Crippen LogP contribution in [0.25, 0.3) is 0 Å². The maximum absolute atomic E-state index is 12.8. The molecular weight excluding hydrogens is 290 g/mol. The van der Waals surface area contributed by atoms with Gasteiger partial charge in [-0.15, -0.1) is 9.94 Å². The lowest BCUT2D eigenvalue weighted by Crippen LogP contribution is -2.17. The average Bonchev–Trinajstić information content (AvgIpc) is 2.79.